The number of fused-ring (bicyclic) bond motifs is 6. The molecule has 0 spiro atoms. The number of carbonyl (C=O) groups excluding carboxylic acids is 2. The highest BCUT2D eigenvalue weighted by Gasteiger charge is 2.57. The zero-order chi connectivity index (χ0) is 32.9. The van der Waals surface area contributed by atoms with Crippen molar-refractivity contribution in [3.05, 3.63) is 58.9 Å². The van der Waals surface area contributed by atoms with Gasteiger partial charge in [0, 0.05) is 46.8 Å². The Balaban J connectivity index is 1.13. The number of alkyl halides is 5. The van der Waals surface area contributed by atoms with Crippen molar-refractivity contribution >= 4 is 22.7 Å². The third-order valence-electron chi connectivity index (χ3n) is 11.0. The third kappa shape index (κ3) is 6.34. The number of carbonyl (C=O) groups is 2. The molecule has 6 rings (SSSR count). The van der Waals surface area contributed by atoms with E-state index in [2.05, 4.69) is 18.0 Å². The van der Waals surface area contributed by atoms with Gasteiger partial charge in [0.25, 0.3) is 0 Å². The van der Waals surface area contributed by atoms with Gasteiger partial charge in [0.15, 0.2) is 0 Å². The van der Waals surface area contributed by atoms with Crippen LogP contribution in [-0.4, -0.2) is 49.6 Å². The molecule has 2 fully saturated rings. The molecule has 3 aliphatic carbocycles. The van der Waals surface area contributed by atoms with E-state index in [1.807, 2.05) is 24.3 Å². The molecule has 0 N–H and O–H groups in total. The smallest absolute Gasteiger partial charge is 0.410 e. The Morgan fingerprint density at radius 2 is 1.87 bits per heavy atom. The Kier molecular flexibility index (Phi) is 9.06. The van der Waals surface area contributed by atoms with Gasteiger partial charge in [-0.3, -0.25) is 18.9 Å². The lowest BCUT2D eigenvalue weighted by Gasteiger charge is -2.51. The van der Waals surface area contributed by atoms with Crippen LogP contribution in [0.4, 0.5) is 26.7 Å². The minimum Gasteiger partial charge on any atom is -0.410 e. The van der Waals surface area contributed by atoms with Crippen LogP contribution in [0, 0.1) is 23.2 Å². The lowest BCUT2D eigenvalue weighted by molar-refractivity contribution is -0.284. The summed E-state index contributed by atoms with van der Waals surface area (Å²) >= 11 is 0. The van der Waals surface area contributed by atoms with Crippen LogP contribution in [0.15, 0.2) is 36.5 Å². The van der Waals surface area contributed by atoms with Crippen molar-refractivity contribution < 1.29 is 40.5 Å². The summed E-state index contributed by atoms with van der Waals surface area (Å²) in [6.07, 6.45) is -1.15. The minimum atomic E-state index is -5.60. The molecule has 0 saturated heterocycles. The molecule has 1 unspecified atom stereocenters. The van der Waals surface area contributed by atoms with Gasteiger partial charge in [-0.05, 0) is 104 Å². The third-order valence-corrected chi connectivity index (χ3v) is 12.4. The second kappa shape index (κ2) is 12.6. The molecule has 0 radical (unpaired) electrons. The first-order valence-corrected chi connectivity index (χ1v) is 17.6. The minimum absolute atomic E-state index is 0.171. The topological polar surface area (TPSA) is 76.6 Å². The van der Waals surface area contributed by atoms with Crippen molar-refractivity contribution in [2.24, 2.45) is 23.2 Å². The van der Waals surface area contributed by atoms with Crippen LogP contribution in [0.1, 0.15) is 86.6 Å². The van der Waals surface area contributed by atoms with Gasteiger partial charge in [-0.25, -0.2) is 4.79 Å². The van der Waals surface area contributed by atoms with Crippen LogP contribution in [0.2, 0.25) is 0 Å². The number of halogens is 5. The maximum absolute atomic E-state index is 13.3. The van der Waals surface area contributed by atoms with E-state index in [-0.39, 0.29) is 40.6 Å². The van der Waals surface area contributed by atoms with Gasteiger partial charge in [-0.1, -0.05) is 19.1 Å². The highest BCUT2D eigenvalue weighted by molar-refractivity contribution is 7.84. The Hall–Kier alpha value is -2.89. The average Bonchev–Trinajstić information content (AvgIpc) is 3.57. The number of hydrogen-bond donors (Lipinski definition) is 0. The predicted molar refractivity (Wildman–Crippen MR) is 162 cm³/mol. The quantitative estimate of drug-likeness (QED) is 0.256. The fourth-order valence-corrected chi connectivity index (χ4v) is 9.74. The summed E-state index contributed by atoms with van der Waals surface area (Å²) in [6, 6.07) is 9.62. The van der Waals surface area contributed by atoms with Gasteiger partial charge in [0.05, 0.1) is 18.8 Å². The summed E-state index contributed by atoms with van der Waals surface area (Å²) in [5.74, 6) is -3.09. The number of pyridine rings is 1. The first kappa shape index (κ1) is 33.0. The van der Waals surface area contributed by atoms with Crippen LogP contribution in [0.3, 0.4) is 0 Å². The number of amides is 1. The maximum atomic E-state index is 13.3. The van der Waals surface area contributed by atoms with Crippen molar-refractivity contribution in [3.8, 4) is 5.75 Å². The number of aromatic nitrogens is 1. The van der Waals surface area contributed by atoms with Crippen LogP contribution in [0.5, 0.6) is 5.75 Å². The molecule has 2 aromatic rings. The fourth-order valence-electron chi connectivity index (χ4n) is 8.58. The van der Waals surface area contributed by atoms with Gasteiger partial charge in [-0.15, -0.1) is 0 Å². The molecule has 6 atom stereocenters. The van der Waals surface area contributed by atoms with Crippen molar-refractivity contribution in [2.75, 3.05) is 11.5 Å². The second-order valence-corrected chi connectivity index (χ2v) is 15.4. The lowest BCUT2D eigenvalue weighted by atomic mass is 9.52. The number of ketones is 1. The van der Waals surface area contributed by atoms with Crippen LogP contribution >= 0.6 is 0 Å². The Morgan fingerprint density at radius 3 is 2.63 bits per heavy atom. The van der Waals surface area contributed by atoms with E-state index in [0.29, 0.717) is 50.3 Å². The summed E-state index contributed by atoms with van der Waals surface area (Å²) < 4.78 is 82.4. The molecule has 12 heteroatoms. The second-order valence-electron chi connectivity index (χ2n) is 13.7. The number of benzene rings is 1. The van der Waals surface area contributed by atoms with E-state index in [0.717, 1.165) is 36.1 Å². The van der Waals surface area contributed by atoms with E-state index in [4.69, 9.17) is 4.74 Å². The van der Waals surface area contributed by atoms with Crippen LogP contribution < -0.4 is 4.74 Å². The number of nitrogens with zero attached hydrogens (tertiary/aromatic N) is 2. The van der Waals surface area contributed by atoms with E-state index < -0.39 is 41.8 Å². The molecule has 4 aliphatic rings. The maximum Gasteiger partial charge on any atom is 0.453 e. The molecule has 2 heterocycles. The monoisotopic (exact) mass is 666 g/mol. The zero-order valence-corrected chi connectivity index (χ0v) is 26.6. The van der Waals surface area contributed by atoms with E-state index in [1.165, 1.54) is 5.56 Å². The summed E-state index contributed by atoms with van der Waals surface area (Å²) in [7, 11) is -1.51. The summed E-state index contributed by atoms with van der Waals surface area (Å²) in [5, 5.41) is 0. The summed E-state index contributed by atoms with van der Waals surface area (Å²) in [6.45, 7) is 2.91. The number of rotatable bonds is 9. The summed E-state index contributed by atoms with van der Waals surface area (Å²) in [4.78, 5) is 32.0. The zero-order valence-electron chi connectivity index (χ0n) is 25.8. The number of hydrogen-bond acceptors (Lipinski definition) is 5. The molecule has 0 bridgehead atoms. The van der Waals surface area contributed by atoms with E-state index in [1.54, 1.807) is 11.1 Å². The van der Waals surface area contributed by atoms with Crippen LogP contribution in [0.25, 0.3) is 0 Å². The first-order chi connectivity index (χ1) is 21.8. The SMILES string of the molecule is C[C@]12CC[C@@H]3c4ccc(OC(=O)N5Cc6cccnc6C5)cc4C[C@@H](CCCS(=O)CCCC(F)(F)C(F)(F)F)[C@H]3[C@@H]1CCC2=O. The van der Waals surface area contributed by atoms with Gasteiger partial charge < -0.3 is 4.74 Å². The number of Topliss-reactive ketones (excluding diaryl/α,β-unsaturated/α-hetero) is 1. The van der Waals surface area contributed by atoms with E-state index in [9.17, 15) is 35.8 Å². The standard InChI is InChI=1S/C34H39F5N2O4S/c1-32-13-11-26-25-8-7-24(45-31(43)41-19-22-5-2-14-40-28(22)20-41)18-23(25)17-21(30(26)27(32)9-10-29(32)42)6-3-15-46(44)16-4-12-33(35,36)34(37,38)39/h2,5,7-8,14,18,21,26-27,30H,3-4,6,9-13,15-17,19-20H2,1H3/t21-,26-,27+,30-,32+,46?/m1/s1. The molecule has 6 nitrogen and oxygen atoms in total. The normalized spacial score (nSPS) is 27.9. The molecular weight excluding hydrogens is 627 g/mol. The van der Waals surface area contributed by atoms with Gasteiger partial charge in [-0.2, -0.15) is 22.0 Å². The fraction of sp³-hybridized carbons (Fsp3) is 0.618. The molecular formula is C34H39F5N2O4S. The molecule has 1 aromatic carbocycles. The highest BCUT2D eigenvalue weighted by atomic mass is 32.2. The lowest BCUT2D eigenvalue weighted by Crippen LogP contribution is -2.46. The van der Waals surface area contributed by atoms with Crippen molar-refractivity contribution in [3.63, 3.8) is 0 Å². The molecule has 1 amide bonds. The molecule has 250 valence electrons. The van der Waals surface area contributed by atoms with Gasteiger partial charge in [0.2, 0.25) is 0 Å². The Labute approximate surface area is 267 Å². The Bertz CT molecular complexity index is 1490. The first-order valence-electron chi connectivity index (χ1n) is 16.1. The molecule has 1 aromatic heterocycles. The van der Waals surface area contributed by atoms with Crippen LogP contribution in [-0.2, 0) is 35.1 Å². The summed E-state index contributed by atoms with van der Waals surface area (Å²) in [5.41, 5.74) is 3.80. The number of ether oxygens (including phenoxy) is 1. The largest absolute Gasteiger partial charge is 0.453 e. The molecule has 2 saturated carbocycles. The van der Waals surface area contributed by atoms with Gasteiger partial charge >= 0.3 is 18.2 Å². The van der Waals surface area contributed by atoms with Crippen molar-refractivity contribution in [1.29, 1.82) is 0 Å². The predicted octanol–water partition coefficient (Wildman–Crippen LogP) is 7.75. The van der Waals surface area contributed by atoms with Crippen molar-refractivity contribution in [2.45, 2.75) is 95.8 Å². The van der Waals surface area contributed by atoms with E-state index >= 15 is 0 Å². The Morgan fingerprint density at radius 1 is 1.09 bits per heavy atom. The average molecular weight is 667 g/mol. The molecule has 1 aliphatic heterocycles. The van der Waals surface area contributed by atoms with Gasteiger partial charge in [0.1, 0.15) is 11.5 Å². The van der Waals surface area contributed by atoms with Crippen molar-refractivity contribution in [1.82, 2.24) is 9.88 Å². The molecule has 46 heavy (non-hydrogen) atoms. The highest BCUT2D eigenvalue weighted by Crippen LogP contribution is 2.61.